The maximum absolute atomic E-state index is 12.1. The van der Waals surface area contributed by atoms with Crippen molar-refractivity contribution in [3.05, 3.63) is 0 Å². The zero-order chi connectivity index (χ0) is 14.0. The summed E-state index contributed by atoms with van der Waals surface area (Å²) in [6.07, 6.45) is 4.80. The predicted octanol–water partition coefficient (Wildman–Crippen LogP) is 1.79. The Kier molecular flexibility index (Phi) is 4.85. The third-order valence-electron chi connectivity index (χ3n) is 4.68. The number of piperidine rings is 1. The van der Waals surface area contributed by atoms with E-state index >= 15 is 0 Å². The monoisotopic (exact) mass is 268 g/mol. The number of nitrogens with zero attached hydrogens (tertiary/aromatic N) is 1. The third-order valence-corrected chi connectivity index (χ3v) is 4.68. The molecule has 2 fully saturated rings. The maximum atomic E-state index is 12.1. The van der Waals surface area contributed by atoms with Gasteiger partial charge in [-0.05, 0) is 38.1 Å². The fraction of sp³-hybridized carbons (Fsp3) is 0.933. The Morgan fingerprint density at radius 3 is 2.32 bits per heavy atom. The van der Waals surface area contributed by atoms with Crippen LogP contribution in [0.3, 0.4) is 0 Å². The van der Waals surface area contributed by atoms with Gasteiger partial charge >= 0.3 is 5.97 Å². The molecule has 4 nitrogen and oxygen atoms in total. The maximum Gasteiger partial charge on any atom is 0.323 e. The van der Waals surface area contributed by atoms with Crippen LogP contribution in [0.25, 0.3) is 0 Å². The van der Waals surface area contributed by atoms with E-state index in [0.717, 1.165) is 6.54 Å². The number of hydrogen-bond donors (Lipinski definition) is 1. The molecule has 0 radical (unpaired) electrons. The van der Waals surface area contributed by atoms with E-state index in [1.165, 1.54) is 32.8 Å². The second-order valence-electron chi connectivity index (χ2n) is 6.27. The molecule has 2 aliphatic rings. The van der Waals surface area contributed by atoms with Crippen molar-refractivity contribution in [2.45, 2.75) is 70.6 Å². The lowest BCUT2D eigenvalue weighted by molar-refractivity contribution is -0.151. The molecule has 0 spiro atoms. The molecule has 0 amide bonds. The Balaban J connectivity index is 2.11. The normalized spacial score (nSPS) is 32.6. The zero-order valence-corrected chi connectivity index (χ0v) is 12.7. The summed E-state index contributed by atoms with van der Waals surface area (Å²) in [5, 5.41) is 3.57. The topological polar surface area (TPSA) is 41.6 Å². The summed E-state index contributed by atoms with van der Waals surface area (Å²) in [6.45, 7) is 7.45. The molecule has 2 heterocycles. The number of esters is 1. The van der Waals surface area contributed by atoms with Gasteiger partial charge in [-0.1, -0.05) is 20.8 Å². The van der Waals surface area contributed by atoms with Crippen LogP contribution in [0, 0.1) is 5.92 Å². The molecule has 2 aliphatic heterocycles. The Hall–Kier alpha value is -0.610. The van der Waals surface area contributed by atoms with Crippen molar-refractivity contribution in [3.63, 3.8) is 0 Å². The van der Waals surface area contributed by atoms with E-state index in [0.29, 0.717) is 24.0 Å². The van der Waals surface area contributed by atoms with Gasteiger partial charge in [-0.2, -0.15) is 0 Å². The second kappa shape index (κ2) is 6.23. The van der Waals surface area contributed by atoms with Crippen LogP contribution in [0.5, 0.6) is 0 Å². The fourth-order valence-electron chi connectivity index (χ4n) is 3.98. The quantitative estimate of drug-likeness (QED) is 0.772. The van der Waals surface area contributed by atoms with Crippen molar-refractivity contribution < 1.29 is 9.53 Å². The van der Waals surface area contributed by atoms with Crippen LogP contribution >= 0.6 is 0 Å². The third kappa shape index (κ3) is 2.95. The molecule has 4 heteroatoms. The Bertz CT molecular complexity index is 305. The van der Waals surface area contributed by atoms with Crippen LogP contribution in [-0.2, 0) is 9.53 Å². The van der Waals surface area contributed by atoms with Crippen molar-refractivity contribution >= 4 is 5.97 Å². The second-order valence-corrected chi connectivity index (χ2v) is 6.27. The van der Waals surface area contributed by atoms with E-state index in [4.69, 9.17) is 4.74 Å². The summed E-state index contributed by atoms with van der Waals surface area (Å²) in [4.78, 5) is 14.6. The number of nitrogens with one attached hydrogen (secondary N) is 1. The minimum atomic E-state index is -0.0647. The standard InChI is InChI=1S/C15H28N2O2/c1-5-16-11-8-12-6-7-13(9-11)17(12)14(10(2)3)15(18)19-4/h10-14,16H,5-9H2,1-4H3. The van der Waals surface area contributed by atoms with E-state index in [-0.39, 0.29) is 12.0 Å². The lowest BCUT2D eigenvalue weighted by atomic mass is 9.92. The van der Waals surface area contributed by atoms with Gasteiger partial charge in [-0.25, -0.2) is 0 Å². The minimum absolute atomic E-state index is 0.0613. The molecule has 1 N–H and O–H groups in total. The predicted molar refractivity (Wildman–Crippen MR) is 76.0 cm³/mol. The number of ether oxygens (including phenoxy) is 1. The van der Waals surface area contributed by atoms with Crippen LogP contribution in [-0.4, -0.2) is 48.7 Å². The molecule has 0 aromatic heterocycles. The number of hydrogen-bond acceptors (Lipinski definition) is 4. The van der Waals surface area contributed by atoms with Crippen molar-refractivity contribution in [1.29, 1.82) is 0 Å². The van der Waals surface area contributed by atoms with E-state index in [1.807, 2.05) is 0 Å². The highest BCUT2D eigenvalue weighted by Crippen LogP contribution is 2.38. The van der Waals surface area contributed by atoms with Gasteiger partial charge in [0.25, 0.3) is 0 Å². The van der Waals surface area contributed by atoms with Crippen molar-refractivity contribution in [2.75, 3.05) is 13.7 Å². The first-order valence-corrected chi connectivity index (χ1v) is 7.67. The number of carbonyl (C=O) groups is 1. The van der Waals surface area contributed by atoms with Gasteiger partial charge < -0.3 is 10.1 Å². The Morgan fingerprint density at radius 1 is 1.32 bits per heavy atom. The highest BCUT2D eigenvalue weighted by molar-refractivity contribution is 5.76. The number of methoxy groups -OCH3 is 1. The molecule has 19 heavy (non-hydrogen) atoms. The average Bonchev–Trinajstić information content (AvgIpc) is 2.61. The van der Waals surface area contributed by atoms with Crippen molar-refractivity contribution in [3.8, 4) is 0 Å². The first-order chi connectivity index (χ1) is 9.08. The first-order valence-electron chi connectivity index (χ1n) is 7.67. The highest BCUT2D eigenvalue weighted by atomic mass is 16.5. The van der Waals surface area contributed by atoms with Crippen LogP contribution in [0.4, 0.5) is 0 Å². The van der Waals surface area contributed by atoms with E-state index in [2.05, 4.69) is 31.0 Å². The van der Waals surface area contributed by atoms with Gasteiger partial charge in [0.1, 0.15) is 6.04 Å². The molecule has 0 saturated carbocycles. The summed E-state index contributed by atoms with van der Waals surface area (Å²) in [5.74, 6) is 0.250. The fourth-order valence-corrected chi connectivity index (χ4v) is 3.98. The lowest BCUT2D eigenvalue weighted by Gasteiger charge is -2.44. The molecule has 110 valence electrons. The highest BCUT2D eigenvalue weighted by Gasteiger charge is 2.46. The largest absolute Gasteiger partial charge is 0.468 e. The molecule has 0 aromatic carbocycles. The molecule has 2 bridgehead atoms. The van der Waals surface area contributed by atoms with E-state index < -0.39 is 0 Å². The Labute approximate surface area is 116 Å². The molecule has 0 aromatic rings. The number of carbonyl (C=O) groups excluding carboxylic acids is 1. The van der Waals surface area contributed by atoms with Gasteiger partial charge in [0.15, 0.2) is 0 Å². The van der Waals surface area contributed by atoms with Gasteiger partial charge in [-0.3, -0.25) is 9.69 Å². The SMILES string of the molecule is CCNC1CC2CCC(C1)N2C(C(=O)OC)C(C)C. The summed E-state index contributed by atoms with van der Waals surface area (Å²) < 4.78 is 5.03. The van der Waals surface area contributed by atoms with Crippen molar-refractivity contribution in [2.24, 2.45) is 5.92 Å². The van der Waals surface area contributed by atoms with Crippen LogP contribution in [0.15, 0.2) is 0 Å². The molecular weight excluding hydrogens is 240 g/mol. The van der Waals surface area contributed by atoms with E-state index in [1.54, 1.807) is 0 Å². The van der Waals surface area contributed by atoms with Crippen LogP contribution in [0.1, 0.15) is 46.5 Å². The average molecular weight is 268 g/mol. The molecule has 2 saturated heterocycles. The first kappa shape index (κ1) is 14.8. The summed E-state index contributed by atoms with van der Waals surface area (Å²) in [5.41, 5.74) is 0. The number of rotatable bonds is 5. The summed E-state index contributed by atoms with van der Waals surface area (Å²) in [7, 11) is 1.50. The Morgan fingerprint density at radius 2 is 1.89 bits per heavy atom. The molecule has 3 unspecified atom stereocenters. The summed E-state index contributed by atoms with van der Waals surface area (Å²) in [6, 6.07) is 1.66. The van der Waals surface area contributed by atoms with Gasteiger partial charge in [0, 0.05) is 18.1 Å². The van der Waals surface area contributed by atoms with Gasteiger partial charge in [0.2, 0.25) is 0 Å². The zero-order valence-electron chi connectivity index (χ0n) is 12.7. The lowest BCUT2D eigenvalue weighted by Crippen LogP contribution is -2.57. The van der Waals surface area contributed by atoms with Crippen molar-refractivity contribution in [1.82, 2.24) is 10.2 Å². The minimum Gasteiger partial charge on any atom is -0.468 e. The van der Waals surface area contributed by atoms with Crippen LogP contribution < -0.4 is 5.32 Å². The van der Waals surface area contributed by atoms with Gasteiger partial charge in [-0.15, -0.1) is 0 Å². The molecular formula is C15H28N2O2. The number of fused-ring (bicyclic) bond motifs is 2. The molecule has 3 atom stereocenters. The van der Waals surface area contributed by atoms with Gasteiger partial charge in [0.05, 0.1) is 7.11 Å². The van der Waals surface area contributed by atoms with Crippen LogP contribution in [0.2, 0.25) is 0 Å². The van der Waals surface area contributed by atoms with E-state index in [9.17, 15) is 4.79 Å². The molecule has 0 aliphatic carbocycles. The summed E-state index contributed by atoms with van der Waals surface area (Å²) >= 11 is 0. The molecule has 2 rings (SSSR count). The smallest absolute Gasteiger partial charge is 0.323 e.